The Morgan fingerprint density at radius 2 is 2.36 bits per heavy atom. The zero-order valence-corrected chi connectivity index (χ0v) is 9.32. The Labute approximate surface area is 88.6 Å². The number of nitrogens with zero attached hydrogens (tertiary/aromatic N) is 3. The third kappa shape index (κ3) is 2.54. The zero-order chi connectivity index (χ0) is 10.7. The van der Waals surface area contributed by atoms with Crippen molar-refractivity contribution in [2.75, 3.05) is 13.6 Å². The molecule has 0 aliphatic carbocycles. The molecule has 14 heavy (non-hydrogen) atoms. The van der Waals surface area contributed by atoms with Crippen molar-refractivity contribution in [2.45, 2.75) is 19.2 Å². The SMILES string of the molecule is CC(C)CN=C1C(=O)N(C)N=CC1Cl. The number of aliphatic imine (C=N–C) groups is 1. The first-order chi connectivity index (χ1) is 6.52. The monoisotopic (exact) mass is 215 g/mol. The molecule has 0 saturated carbocycles. The van der Waals surface area contributed by atoms with E-state index >= 15 is 0 Å². The molecule has 0 saturated heterocycles. The van der Waals surface area contributed by atoms with Gasteiger partial charge < -0.3 is 0 Å². The quantitative estimate of drug-likeness (QED) is 0.638. The highest BCUT2D eigenvalue weighted by atomic mass is 35.5. The molecule has 0 bridgehead atoms. The molecule has 1 amide bonds. The maximum atomic E-state index is 11.5. The fourth-order valence-corrected chi connectivity index (χ4v) is 1.21. The lowest BCUT2D eigenvalue weighted by molar-refractivity contribution is -0.123. The molecule has 0 aromatic rings. The second kappa shape index (κ2) is 4.55. The fourth-order valence-electron chi connectivity index (χ4n) is 1.00. The predicted octanol–water partition coefficient (Wildman–Crippen LogP) is 1.15. The van der Waals surface area contributed by atoms with Crippen LogP contribution in [0, 0.1) is 5.92 Å². The summed E-state index contributed by atoms with van der Waals surface area (Å²) >= 11 is 5.90. The van der Waals surface area contributed by atoms with Crippen LogP contribution < -0.4 is 0 Å². The summed E-state index contributed by atoms with van der Waals surface area (Å²) in [6, 6.07) is 0. The standard InChI is InChI=1S/C9H14ClN3O/c1-6(2)4-11-8-7(10)5-12-13(3)9(8)14/h5-7H,4H2,1-3H3. The Hall–Kier alpha value is -0.900. The van der Waals surface area contributed by atoms with Crippen molar-refractivity contribution in [2.24, 2.45) is 16.0 Å². The van der Waals surface area contributed by atoms with Crippen LogP contribution in [-0.2, 0) is 4.79 Å². The first kappa shape index (κ1) is 11.2. The van der Waals surface area contributed by atoms with Crippen LogP contribution in [0.5, 0.6) is 0 Å². The zero-order valence-electron chi connectivity index (χ0n) is 8.57. The number of carbonyl (C=O) groups is 1. The van der Waals surface area contributed by atoms with Crippen LogP contribution in [0.1, 0.15) is 13.8 Å². The van der Waals surface area contributed by atoms with Gasteiger partial charge in [-0.25, -0.2) is 5.01 Å². The molecule has 0 spiro atoms. The number of rotatable bonds is 2. The van der Waals surface area contributed by atoms with Gasteiger partial charge in [0.05, 0.1) is 0 Å². The lowest BCUT2D eigenvalue weighted by Crippen LogP contribution is -2.40. The molecular weight excluding hydrogens is 202 g/mol. The molecule has 1 rings (SSSR count). The normalized spacial score (nSPS) is 25.2. The van der Waals surface area contributed by atoms with Gasteiger partial charge in [0.1, 0.15) is 11.1 Å². The van der Waals surface area contributed by atoms with E-state index in [4.69, 9.17) is 11.6 Å². The Balaban J connectivity index is 2.80. The van der Waals surface area contributed by atoms with Crippen molar-refractivity contribution in [3.05, 3.63) is 0 Å². The van der Waals surface area contributed by atoms with Gasteiger partial charge in [0, 0.05) is 19.8 Å². The summed E-state index contributed by atoms with van der Waals surface area (Å²) in [4.78, 5) is 15.7. The van der Waals surface area contributed by atoms with E-state index in [0.29, 0.717) is 18.2 Å². The van der Waals surface area contributed by atoms with E-state index in [1.807, 2.05) is 13.8 Å². The molecule has 0 fully saturated rings. The summed E-state index contributed by atoms with van der Waals surface area (Å²) in [6.07, 6.45) is 1.52. The predicted molar refractivity (Wildman–Crippen MR) is 58.0 cm³/mol. The summed E-state index contributed by atoms with van der Waals surface area (Å²) in [5, 5.41) is 4.57. The largest absolute Gasteiger partial charge is 0.289 e. The van der Waals surface area contributed by atoms with E-state index in [9.17, 15) is 4.79 Å². The summed E-state index contributed by atoms with van der Waals surface area (Å²) in [5.41, 5.74) is 0.387. The van der Waals surface area contributed by atoms with Gasteiger partial charge in [-0.1, -0.05) is 13.8 Å². The van der Waals surface area contributed by atoms with Crippen LogP contribution in [0.25, 0.3) is 0 Å². The fraction of sp³-hybridized carbons (Fsp3) is 0.667. The van der Waals surface area contributed by atoms with Crippen LogP contribution in [-0.4, -0.2) is 41.8 Å². The lowest BCUT2D eigenvalue weighted by atomic mass is 10.2. The number of hydrogen-bond donors (Lipinski definition) is 0. The average Bonchev–Trinajstić information content (AvgIpc) is 2.11. The summed E-state index contributed by atoms with van der Waals surface area (Å²) in [7, 11) is 1.59. The minimum absolute atomic E-state index is 0.215. The molecule has 0 aromatic heterocycles. The van der Waals surface area contributed by atoms with Gasteiger partial charge in [-0.3, -0.25) is 9.79 Å². The van der Waals surface area contributed by atoms with Gasteiger partial charge in [0.25, 0.3) is 5.91 Å². The Morgan fingerprint density at radius 1 is 1.71 bits per heavy atom. The highest BCUT2D eigenvalue weighted by molar-refractivity contribution is 6.56. The van der Waals surface area contributed by atoms with Crippen LogP contribution in [0.3, 0.4) is 0 Å². The van der Waals surface area contributed by atoms with Gasteiger partial charge in [-0.05, 0) is 5.92 Å². The molecule has 1 atom stereocenters. The molecule has 1 unspecified atom stereocenters. The van der Waals surface area contributed by atoms with Crippen LogP contribution in [0.15, 0.2) is 10.1 Å². The van der Waals surface area contributed by atoms with Crippen LogP contribution in [0.4, 0.5) is 0 Å². The van der Waals surface area contributed by atoms with E-state index in [1.54, 1.807) is 7.05 Å². The number of amides is 1. The van der Waals surface area contributed by atoms with Crippen molar-refractivity contribution in [3.8, 4) is 0 Å². The Kier molecular flexibility index (Phi) is 3.63. The maximum absolute atomic E-state index is 11.5. The molecule has 1 aliphatic heterocycles. The van der Waals surface area contributed by atoms with E-state index in [2.05, 4.69) is 10.1 Å². The number of hydrogen-bond acceptors (Lipinski definition) is 3. The molecule has 0 aromatic carbocycles. The van der Waals surface area contributed by atoms with Gasteiger partial charge in [-0.15, -0.1) is 11.6 Å². The van der Waals surface area contributed by atoms with Crippen molar-refractivity contribution in [3.63, 3.8) is 0 Å². The molecule has 4 nitrogen and oxygen atoms in total. The lowest BCUT2D eigenvalue weighted by Gasteiger charge is -2.19. The van der Waals surface area contributed by atoms with Crippen molar-refractivity contribution in [1.82, 2.24) is 5.01 Å². The molecule has 78 valence electrons. The Bertz CT molecular complexity index is 286. The minimum atomic E-state index is -0.488. The van der Waals surface area contributed by atoms with Gasteiger partial charge >= 0.3 is 0 Å². The molecule has 1 aliphatic rings. The second-order valence-corrected chi connectivity index (χ2v) is 4.09. The highest BCUT2D eigenvalue weighted by Gasteiger charge is 2.26. The van der Waals surface area contributed by atoms with Gasteiger partial charge in [0.2, 0.25) is 0 Å². The van der Waals surface area contributed by atoms with E-state index < -0.39 is 5.38 Å². The first-order valence-electron chi connectivity index (χ1n) is 4.53. The molecule has 0 N–H and O–H groups in total. The van der Waals surface area contributed by atoms with Crippen molar-refractivity contribution in [1.29, 1.82) is 0 Å². The third-order valence-corrected chi connectivity index (χ3v) is 2.09. The smallest absolute Gasteiger partial charge is 0.282 e. The van der Waals surface area contributed by atoms with Crippen molar-refractivity contribution >= 4 is 29.4 Å². The van der Waals surface area contributed by atoms with E-state index in [0.717, 1.165) is 0 Å². The minimum Gasteiger partial charge on any atom is -0.282 e. The Morgan fingerprint density at radius 3 is 2.93 bits per heavy atom. The van der Waals surface area contributed by atoms with Gasteiger partial charge in [0.15, 0.2) is 0 Å². The van der Waals surface area contributed by atoms with E-state index in [-0.39, 0.29) is 5.91 Å². The molecule has 0 radical (unpaired) electrons. The van der Waals surface area contributed by atoms with Crippen LogP contribution in [0.2, 0.25) is 0 Å². The summed E-state index contributed by atoms with van der Waals surface area (Å²) in [5.74, 6) is 0.205. The molecule has 1 heterocycles. The average molecular weight is 216 g/mol. The summed E-state index contributed by atoms with van der Waals surface area (Å²) in [6.45, 7) is 4.70. The topological polar surface area (TPSA) is 45.0 Å². The summed E-state index contributed by atoms with van der Waals surface area (Å²) < 4.78 is 0. The molecule has 5 heteroatoms. The number of carbonyl (C=O) groups excluding carboxylic acids is 1. The number of hydrazone groups is 1. The maximum Gasteiger partial charge on any atom is 0.289 e. The van der Waals surface area contributed by atoms with Crippen molar-refractivity contribution < 1.29 is 4.79 Å². The first-order valence-corrected chi connectivity index (χ1v) is 4.96. The number of halogens is 1. The third-order valence-electron chi connectivity index (χ3n) is 1.77. The highest BCUT2D eigenvalue weighted by Crippen LogP contribution is 2.08. The van der Waals surface area contributed by atoms with Crippen LogP contribution >= 0.6 is 11.6 Å². The number of alkyl halides is 1. The second-order valence-electron chi connectivity index (χ2n) is 3.61. The molecular formula is C9H14ClN3O. The van der Waals surface area contributed by atoms with E-state index in [1.165, 1.54) is 11.2 Å². The van der Waals surface area contributed by atoms with Gasteiger partial charge in [-0.2, -0.15) is 5.10 Å².